The zero-order valence-corrected chi connectivity index (χ0v) is 13.5. The predicted octanol–water partition coefficient (Wildman–Crippen LogP) is 2.52. The van der Waals surface area contributed by atoms with Crippen molar-refractivity contribution in [1.82, 2.24) is 10.6 Å². The Kier molecular flexibility index (Phi) is 8.55. The van der Waals surface area contributed by atoms with Crippen molar-refractivity contribution in [2.75, 3.05) is 33.9 Å². The minimum absolute atomic E-state index is 0.627. The lowest BCUT2D eigenvalue weighted by molar-refractivity contribution is 0.308. The van der Waals surface area contributed by atoms with Crippen LogP contribution in [0.3, 0.4) is 0 Å². The third-order valence-electron chi connectivity index (χ3n) is 3.17. The van der Waals surface area contributed by atoms with E-state index in [4.69, 9.17) is 9.47 Å². The summed E-state index contributed by atoms with van der Waals surface area (Å²) in [6.45, 7) is 9.28. The van der Waals surface area contributed by atoms with E-state index in [2.05, 4.69) is 23.3 Å². The molecule has 21 heavy (non-hydrogen) atoms. The number of allylic oxidation sites excluding steroid dienone is 1. The molecule has 0 amide bonds. The third-order valence-corrected chi connectivity index (χ3v) is 3.17. The molecule has 4 nitrogen and oxygen atoms in total. The third kappa shape index (κ3) is 5.78. The van der Waals surface area contributed by atoms with Crippen molar-refractivity contribution < 1.29 is 9.47 Å². The molecule has 0 unspecified atom stereocenters. The summed E-state index contributed by atoms with van der Waals surface area (Å²) >= 11 is 0. The first kappa shape index (κ1) is 17.5. The molecule has 118 valence electrons. The first-order chi connectivity index (χ1) is 10.3. The molecule has 4 heteroatoms. The molecule has 2 N–H and O–H groups in total. The van der Waals surface area contributed by atoms with Gasteiger partial charge >= 0.3 is 0 Å². The molecule has 0 saturated carbocycles. The van der Waals surface area contributed by atoms with Gasteiger partial charge in [-0.1, -0.05) is 12.1 Å². The Balaban J connectivity index is 2.80. The monoisotopic (exact) mass is 292 g/mol. The minimum Gasteiger partial charge on any atom is -0.493 e. The summed E-state index contributed by atoms with van der Waals surface area (Å²) in [6, 6.07) is 4.21. The van der Waals surface area contributed by atoms with Gasteiger partial charge in [-0.2, -0.15) is 0 Å². The number of ether oxygens (including phenoxy) is 2. The SMILES string of the molecule is C=CCc1cc(CNCCCNC)cc(OC)c1OCC. The van der Waals surface area contributed by atoms with Gasteiger partial charge in [-0.05, 0) is 51.5 Å². The van der Waals surface area contributed by atoms with E-state index in [1.807, 2.05) is 26.1 Å². The smallest absolute Gasteiger partial charge is 0.164 e. The minimum atomic E-state index is 0.627. The van der Waals surface area contributed by atoms with Crippen molar-refractivity contribution in [3.8, 4) is 11.5 Å². The molecule has 0 bridgehead atoms. The van der Waals surface area contributed by atoms with E-state index in [-0.39, 0.29) is 0 Å². The van der Waals surface area contributed by atoms with Crippen LogP contribution in [0, 0.1) is 0 Å². The zero-order valence-electron chi connectivity index (χ0n) is 13.5. The molecule has 1 rings (SSSR count). The second kappa shape index (κ2) is 10.2. The number of methoxy groups -OCH3 is 1. The molecule has 0 aliphatic rings. The molecule has 0 saturated heterocycles. The van der Waals surface area contributed by atoms with E-state index in [1.54, 1.807) is 7.11 Å². The van der Waals surface area contributed by atoms with Crippen LogP contribution in [0.25, 0.3) is 0 Å². The first-order valence-corrected chi connectivity index (χ1v) is 7.55. The van der Waals surface area contributed by atoms with Crippen molar-refractivity contribution in [3.05, 3.63) is 35.9 Å². The highest BCUT2D eigenvalue weighted by Crippen LogP contribution is 2.33. The maximum absolute atomic E-state index is 5.72. The number of hydrogen-bond acceptors (Lipinski definition) is 4. The van der Waals surface area contributed by atoms with E-state index in [0.29, 0.717) is 6.61 Å². The molecule has 0 fully saturated rings. The number of rotatable bonds is 11. The number of nitrogens with one attached hydrogen (secondary N) is 2. The van der Waals surface area contributed by atoms with Gasteiger partial charge in [-0.15, -0.1) is 6.58 Å². The topological polar surface area (TPSA) is 42.5 Å². The summed E-state index contributed by atoms with van der Waals surface area (Å²) in [4.78, 5) is 0. The molecule has 1 aromatic rings. The fourth-order valence-corrected chi connectivity index (χ4v) is 2.22. The van der Waals surface area contributed by atoms with Crippen molar-refractivity contribution >= 4 is 0 Å². The van der Waals surface area contributed by atoms with E-state index in [0.717, 1.165) is 49.5 Å². The Bertz CT molecular complexity index is 433. The predicted molar refractivity (Wildman–Crippen MR) is 88.3 cm³/mol. The molecule has 0 aliphatic carbocycles. The Labute approximate surface area is 128 Å². The summed E-state index contributed by atoms with van der Waals surface area (Å²) in [7, 11) is 3.65. The van der Waals surface area contributed by atoms with Crippen LogP contribution in [0.2, 0.25) is 0 Å². The van der Waals surface area contributed by atoms with E-state index in [1.165, 1.54) is 5.56 Å². The molecule has 1 aromatic carbocycles. The van der Waals surface area contributed by atoms with Crippen molar-refractivity contribution in [3.63, 3.8) is 0 Å². The van der Waals surface area contributed by atoms with Gasteiger partial charge in [0, 0.05) is 12.1 Å². The highest BCUT2D eigenvalue weighted by atomic mass is 16.5. The summed E-state index contributed by atoms with van der Waals surface area (Å²) < 4.78 is 11.2. The molecule has 0 radical (unpaired) electrons. The lowest BCUT2D eigenvalue weighted by Gasteiger charge is -2.16. The van der Waals surface area contributed by atoms with Gasteiger partial charge in [0.1, 0.15) is 0 Å². The van der Waals surface area contributed by atoms with Crippen LogP contribution in [0.5, 0.6) is 11.5 Å². The molecular weight excluding hydrogens is 264 g/mol. The first-order valence-electron chi connectivity index (χ1n) is 7.55. The average molecular weight is 292 g/mol. The molecular formula is C17H28N2O2. The Hall–Kier alpha value is -1.52. The summed E-state index contributed by atoms with van der Waals surface area (Å²) in [5.41, 5.74) is 2.33. The second-order valence-corrected chi connectivity index (χ2v) is 4.85. The average Bonchev–Trinajstić information content (AvgIpc) is 2.49. The van der Waals surface area contributed by atoms with E-state index in [9.17, 15) is 0 Å². The fraction of sp³-hybridized carbons (Fsp3) is 0.529. The summed E-state index contributed by atoms with van der Waals surface area (Å²) in [5, 5.41) is 6.59. The number of hydrogen-bond donors (Lipinski definition) is 2. The number of benzene rings is 1. The van der Waals surface area contributed by atoms with Crippen LogP contribution >= 0.6 is 0 Å². The van der Waals surface area contributed by atoms with Gasteiger partial charge in [0.2, 0.25) is 0 Å². The highest BCUT2D eigenvalue weighted by Gasteiger charge is 2.12. The molecule has 0 spiro atoms. The Morgan fingerprint density at radius 2 is 2.10 bits per heavy atom. The van der Waals surface area contributed by atoms with Crippen LogP contribution in [-0.4, -0.2) is 33.9 Å². The zero-order chi connectivity index (χ0) is 15.5. The highest BCUT2D eigenvalue weighted by molar-refractivity contribution is 5.50. The quantitative estimate of drug-likeness (QED) is 0.486. The lowest BCUT2D eigenvalue weighted by Crippen LogP contribution is -2.19. The van der Waals surface area contributed by atoms with E-state index < -0.39 is 0 Å². The van der Waals surface area contributed by atoms with Crippen molar-refractivity contribution in [1.29, 1.82) is 0 Å². The summed E-state index contributed by atoms with van der Waals surface area (Å²) in [5.74, 6) is 1.63. The van der Waals surface area contributed by atoms with Crippen molar-refractivity contribution in [2.45, 2.75) is 26.3 Å². The largest absolute Gasteiger partial charge is 0.493 e. The van der Waals surface area contributed by atoms with Gasteiger partial charge in [0.25, 0.3) is 0 Å². The van der Waals surface area contributed by atoms with Gasteiger partial charge in [0.05, 0.1) is 13.7 Å². The van der Waals surface area contributed by atoms with Crippen LogP contribution < -0.4 is 20.1 Å². The van der Waals surface area contributed by atoms with Crippen LogP contribution in [0.4, 0.5) is 0 Å². The van der Waals surface area contributed by atoms with Gasteiger partial charge in [0.15, 0.2) is 11.5 Å². The Morgan fingerprint density at radius 1 is 1.29 bits per heavy atom. The maximum atomic E-state index is 5.72. The molecule has 0 atom stereocenters. The fourth-order valence-electron chi connectivity index (χ4n) is 2.22. The van der Waals surface area contributed by atoms with Crippen LogP contribution in [0.15, 0.2) is 24.8 Å². The van der Waals surface area contributed by atoms with Crippen molar-refractivity contribution in [2.24, 2.45) is 0 Å². The van der Waals surface area contributed by atoms with E-state index >= 15 is 0 Å². The van der Waals surface area contributed by atoms with Crippen LogP contribution in [0.1, 0.15) is 24.5 Å². The summed E-state index contributed by atoms with van der Waals surface area (Å²) in [6.07, 6.45) is 3.78. The molecule has 0 heterocycles. The van der Waals surface area contributed by atoms with Crippen LogP contribution in [-0.2, 0) is 13.0 Å². The maximum Gasteiger partial charge on any atom is 0.164 e. The standard InChI is InChI=1S/C17H28N2O2/c1-5-8-15-11-14(13-19-10-7-9-18-3)12-16(20-4)17(15)21-6-2/h5,11-12,18-19H,1,6-10,13H2,2-4H3. The normalized spacial score (nSPS) is 10.4. The lowest BCUT2D eigenvalue weighted by atomic mass is 10.1. The molecule has 0 aliphatic heterocycles. The van der Waals surface area contributed by atoms with Gasteiger partial charge in [-0.3, -0.25) is 0 Å². The van der Waals surface area contributed by atoms with Gasteiger partial charge in [-0.25, -0.2) is 0 Å². The Morgan fingerprint density at radius 3 is 2.71 bits per heavy atom. The second-order valence-electron chi connectivity index (χ2n) is 4.85. The van der Waals surface area contributed by atoms with Gasteiger partial charge < -0.3 is 20.1 Å². The molecule has 0 aromatic heterocycles.